The van der Waals surface area contributed by atoms with Crippen LogP contribution in [0.25, 0.3) is 0 Å². The van der Waals surface area contributed by atoms with Crippen molar-refractivity contribution in [3.8, 4) is 0 Å². The normalized spacial score (nSPS) is 19.0. The summed E-state index contributed by atoms with van der Waals surface area (Å²) < 4.78 is 23.1. The van der Waals surface area contributed by atoms with Crippen LogP contribution in [0.4, 0.5) is 5.69 Å². The van der Waals surface area contributed by atoms with Gasteiger partial charge < -0.3 is 5.73 Å². The number of benzene rings is 1. The van der Waals surface area contributed by atoms with E-state index in [4.69, 9.17) is 5.73 Å². The van der Waals surface area contributed by atoms with E-state index in [0.717, 1.165) is 0 Å². The molecule has 0 saturated carbocycles. The van der Waals surface area contributed by atoms with Crippen LogP contribution in [0, 0.1) is 0 Å². The third-order valence-corrected chi connectivity index (χ3v) is 4.00. The second-order valence-electron chi connectivity index (χ2n) is 3.25. The molecule has 0 spiro atoms. The number of nitrogen functional groups attached to an aromatic ring is 1. The Morgan fingerprint density at radius 3 is 2.71 bits per heavy atom. The molecule has 0 aromatic heterocycles. The SMILES string of the molecule is Nc1ccc2c(c1)C(=O)CCS2(=O)=O. The maximum absolute atomic E-state index is 11.5. The van der Waals surface area contributed by atoms with Crippen LogP contribution < -0.4 is 5.73 Å². The summed E-state index contributed by atoms with van der Waals surface area (Å²) >= 11 is 0. The molecule has 0 radical (unpaired) electrons. The molecular weight excluding hydrogens is 202 g/mol. The first-order chi connectivity index (χ1) is 6.50. The van der Waals surface area contributed by atoms with Crippen LogP contribution in [0.5, 0.6) is 0 Å². The molecule has 74 valence electrons. The van der Waals surface area contributed by atoms with E-state index in [-0.39, 0.29) is 28.4 Å². The lowest BCUT2D eigenvalue weighted by molar-refractivity contribution is 0.0983. The highest BCUT2D eigenvalue weighted by Gasteiger charge is 2.28. The van der Waals surface area contributed by atoms with E-state index in [0.29, 0.717) is 5.69 Å². The average molecular weight is 211 g/mol. The predicted octanol–water partition coefficient (Wildman–Crippen LogP) is 0.629. The number of nitrogens with two attached hydrogens (primary N) is 1. The van der Waals surface area contributed by atoms with Gasteiger partial charge in [0.1, 0.15) is 0 Å². The fraction of sp³-hybridized carbons (Fsp3) is 0.222. The Bertz CT molecular complexity index is 505. The second-order valence-corrected chi connectivity index (χ2v) is 5.33. The number of ketones is 1. The highest BCUT2D eigenvalue weighted by Crippen LogP contribution is 2.26. The molecule has 0 unspecified atom stereocenters. The third kappa shape index (κ3) is 1.29. The topological polar surface area (TPSA) is 77.2 Å². The van der Waals surface area contributed by atoms with E-state index < -0.39 is 9.84 Å². The fourth-order valence-electron chi connectivity index (χ4n) is 1.51. The van der Waals surface area contributed by atoms with Gasteiger partial charge in [0.15, 0.2) is 15.6 Å². The van der Waals surface area contributed by atoms with Crippen LogP contribution in [0.2, 0.25) is 0 Å². The van der Waals surface area contributed by atoms with Crippen LogP contribution in [0.15, 0.2) is 23.1 Å². The number of carbonyl (C=O) groups is 1. The van der Waals surface area contributed by atoms with E-state index in [1.165, 1.54) is 18.2 Å². The Labute approximate surface area is 81.6 Å². The molecule has 2 rings (SSSR count). The molecule has 1 aromatic carbocycles. The van der Waals surface area contributed by atoms with Crippen LogP contribution >= 0.6 is 0 Å². The molecule has 1 aliphatic rings. The number of anilines is 1. The Kier molecular flexibility index (Phi) is 1.85. The van der Waals surface area contributed by atoms with E-state index in [2.05, 4.69) is 0 Å². The van der Waals surface area contributed by atoms with E-state index >= 15 is 0 Å². The van der Waals surface area contributed by atoms with Crippen molar-refractivity contribution in [3.63, 3.8) is 0 Å². The molecule has 1 aliphatic heterocycles. The van der Waals surface area contributed by atoms with Gasteiger partial charge in [0.2, 0.25) is 0 Å². The zero-order chi connectivity index (χ0) is 10.3. The number of carbonyl (C=O) groups excluding carboxylic acids is 1. The second kappa shape index (κ2) is 2.81. The molecule has 5 heteroatoms. The van der Waals surface area contributed by atoms with Gasteiger partial charge in [-0.05, 0) is 18.2 Å². The van der Waals surface area contributed by atoms with Crippen molar-refractivity contribution in [2.75, 3.05) is 11.5 Å². The molecule has 4 nitrogen and oxygen atoms in total. The van der Waals surface area contributed by atoms with Gasteiger partial charge in [0.05, 0.1) is 10.6 Å². The molecule has 14 heavy (non-hydrogen) atoms. The van der Waals surface area contributed by atoms with Crippen molar-refractivity contribution in [3.05, 3.63) is 23.8 Å². The highest BCUT2D eigenvalue weighted by molar-refractivity contribution is 7.91. The monoisotopic (exact) mass is 211 g/mol. The van der Waals surface area contributed by atoms with Gasteiger partial charge >= 0.3 is 0 Å². The van der Waals surface area contributed by atoms with Crippen molar-refractivity contribution in [2.45, 2.75) is 11.3 Å². The number of hydrogen-bond donors (Lipinski definition) is 1. The summed E-state index contributed by atoms with van der Waals surface area (Å²) in [6.45, 7) is 0. The summed E-state index contributed by atoms with van der Waals surface area (Å²) in [5.41, 5.74) is 6.13. The van der Waals surface area contributed by atoms with E-state index in [1.54, 1.807) is 0 Å². The van der Waals surface area contributed by atoms with Gasteiger partial charge in [-0.15, -0.1) is 0 Å². The molecule has 1 aromatic rings. The molecule has 0 amide bonds. The zero-order valence-corrected chi connectivity index (χ0v) is 8.17. The highest BCUT2D eigenvalue weighted by atomic mass is 32.2. The van der Waals surface area contributed by atoms with Gasteiger partial charge in [0, 0.05) is 17.7 Å². The first kappa shape index (κ1) is 9.21. The zero-order valence-electron chi connectivity index (χ0n) is 7.36. The van der Waals surface area contributed by atoms with Gasteiger partial charge in [-0.2, -0.15) is 0 Å². The number of rotatable bonds is 0. The minimum absolute atomic E-state index is 0.0544. The maximum atomic E-state index is 11.5. The van der Waals surface area contributed by atoms with E-state index in [1.807, 2.05) is 0 Å². The molecular formula is C9H9NO3S. The average Bonchev–Trinajstić information content (AvgIpc) is 2.12. The first-order valence-corrected chi connectivity index (χ1v) is 5.81. The molecule has 0 aliphatic carbocycles. The standard InChI is InChI=1S/C9H9NO3S/c10-6-1-2-9-7(5-6)8(11)3-4-14(9,12)13/h1-2,5H,3-4,10H2. The van der Waals surface area contributed by atoms with Crippen molar-refractivity contribution >= 4 is 21.3 Å². The third-order valence-electron chi connectivity index (χ3n) is 2.24. The van der Waals surface area contributed by atoms with Crippen molar-refractivity contribution < 1.29 is 13.2 Å². The van der Waals surface area contributed by atoms with Crippen molar-refractivity contribution in [2.24, 2.45) is 0 Å². The van der Waals surface area contributed by atoms with Gasteiger partial charge in [-0.25, -0.2) is 8.42 Å². The van der Waals surface area contributed by atoms with Gasteiger partial charge in [-0.1, -0.05) is 0 Å². The van der Waals surface area contributed by atoms with E-state index in [9.17, 15) is 13.2 Å². The summed E-state index contributed by atoms with van der Waals surface area (Å²) in [7, 11) is -3.27. The van der Waals surface area contributed by atoms with Crippen LogP contribution in [-0.4, -0.2) is 20.0 Å². The summed E-state index contributed by atoms with van der Waals surface area (Å²) in [4.78, 5) is 11.5. The smallest absolute Gasteiger partial charge is 0.179 e. The molecule has 0 saturated heterocycles. The lowest BCUT2D eigenvalue weighted by atomic mass is 10.1. The minimum atomic E-state index is -3.27. The number of hydrogen-bond acceptors (Lipinski definition) is 4. The Balaban J connectivity index is 2.76. The number of sulfone groups is 1. The Morgan fingerprint density at radius 2 is 2.00 bits per heavy atom. The minimum Gasteiger partial charge on any atom is -0.399 e. The van der Waals surface area contributed by atoms with Crippen molar-refractivity contribution in [1.29, 1.82) is 0 Å². The first-order valence-electron chi connectivity index (χ1n) is 4.16. The number of fused-ring (bicyclic) bond motifs is 1. The predicted molar refractivity (Wildman–Crippen MR) is 51.9 cm³/mol. The van der Waals surface area contributed by atoms with Gasteiger partial charge in [-0.3, -0.25) is 4.79 Å². The molecule has 0 atom stereocenters. The molecule has 2 N–H and O–H groups in total. The Hall–Kier alpha value is -1.36. The number of Topliss-reactive ketones (excluding diaryl/α,β-unsaturated/α-hetero) is 1. The molecule has 1 heterocycles. The lowest BCUT2D eigenvalue weighted by Crippen LogP contribution is -2.21. The summed E-state index contributed by atoms with van der Waals surface area (Å²) in [5, 5.41) is 0. The van der Waals surface area contributed by atoms with Crippen LogP contribution in [0.1, 0.15) is 16.8 Å². The summed E-state index contributed by atoms with van der Waals surface area (Å²) in [6, 6.07) is 4.32. The largest absolute Gasteiger partial charge is 0.399 e. The summed E-state index contributed by atoms with van der Waals surface area (Å²) in [6.07, 6.45) is 0.0544. The fourth-order valence-corrected chi connectivity index (χ4v) is 2.97. The van der Waals surface area contributed by atoms with Gasteiger partial charge in [0.25, 0.3) is 0 Å². The van der Waals surface area contributed by atoms with Crippen LogP contribution in [0.3, 0.4) is 0 Å². The maximum Gasteiger partial charge on any atom is 0.179 e. The van der Waals surface area contributed by atoms with Crippen LogP contribution in [-0.2, 0) is 9.84 Å². The molecule has 0 fully saturated rings. The lowest BCUT2D eigenvalue weighted by Gasteiger charge is -2.15. The Morgan fingerprint density at radius 1 is 1.29 bits per heavy atom. The summed E-state index contributed by atoms with van der Waals surface area (Å²) in [5.74, 6) is -0.245. The van der Waals surface area contributed by atoms with Crippen molar-refractivity contribution in [1.82, 2.24) is 0 Å². The quantitative estimate of drug-likeness (QED) is 0.638. The molecule has 0 bridgehead atoms.